The number of nitrogens with zero attached hydrogens (tertiary/aromatic N) is 4. The molecule has 2 atom stereocenters. The lowest BCUT2D eigenvalue weighted by atomic mass is 9.68. The third kappa shape index (κ3) is 5.50. The minimum absolute atomic E-state index is 0.580. The Morgan fingerprint density at radius 1 is 0.700 bits per heavy atom. The largest absolute Gasteiger partial charge is 0.241 e. The van der Waals surface area contributed by atoms with Gasteiger partial charge in [-0.25, -0.2) is 19.9 Å². The number of rotatable bonds is 6. The average molecular weight is 403 g/mol. The third-order valence-electron chi connectivity index (χ3n) is 5.85. The molecule has 2 heterocycles. The molecular weight excluding hydrogens is 368 g/mol. The second kappa shape index (κ2) is 11.0. The maximum absolute atomic E-state index is 4.79. The van der Waals surface area contributed by atoms with Crippen LogP contribution in [0.2, 0.25) is 0 Å². The predicted octanol–water partition coefficient (Wildman–Crippen LogP) is 5.86. The quantitative estimate of drug-likeness (QED) is 0.518. The van der Waals surface area contributed by atoms with E-state index in [-0.39, 0.29) is 0 Å². The number of benzene rings is 1. The van der Waals surface area contributed by atoms with Crippen molar-refractivity contribution in [2.24, 2.45) is 0 Å². The highest BCUT2D eigenvalue weighted by Gasteiger charge is 2.34. The highest BCUT2D eigenvalue weighted by Crippen LogP contribution is 2.48. The van der Waals surface area contributed by atoms with E-state index >= 15 is 0 Å². The molecule has 0 bridgehead atoms. The first-order chi connectivity index (χ1) is 14.7. The fraction of sp³-hybridized carbons (Fsp3) is 0.462. The molecule has 4 rings (SSSR count). The van der Waals surface area contributed by atoms with Crippen LogP contribution in [0.4, 0.5) is 0 Å². The van der Waals surface area contributed by atoms with E-state index in [0.717, 1.165) is 43.0 Å². The van der Waals surface area contributed by atoms with Crippen LogP contribution in [0.5, 0.6) is 0 Å². The maximum Gasteiger partial charge on any atom is 0.128 e. The van der Waals surface area contributed by atoms with Gasteiger partial charge >= 0.3 is 0 Å². The van der Waals surface area contributed by atoms with Gasteiger partial charge in [-0.1, -0.05) is 58.0 Å². The van der Waals surface area contributed by atoms with Gasteiger partial charge < -0.3 is 0 Å². The Morgan fingerprint density at radius 2 is 1.37 bits per heavy atom. The number of aryl methyl sites for hydroxylation is 4. The molecule has 2 unspecified atom stereocenters. The molecule has 0 amide bonds. The second-order valence-corrected chi connectivity index (χ2v) is 7.78. The van der Waals surface area contributed by atoms with E-state index in [1.165, 1.54) is 29.8 Å². The normalized spacial score (nSPS) is 17.6. The Labute approximate surface area is 181 Å². The summed E-state index contributed by atoms with van der Waals surface area (Å²) in [6.07, 6.45) is 8.19. The zero-order valence-electron chi connectivity index (χ0n) is 18.8. The lowest BCUT2D eigenvalue weighted by molar-refractivity contribution is 0.338. The topological polar surface area (TPSA) is 51.6 Å². The van der Waals surface area contributed by atoms with Gasteiger partial charge in [-0.3, -0.25) is 0 Å². The van der Waals surface area contributed by atoms with E-state index in [9.17, 15) is 0 Å². The van der Waals surface area contributed by atoms with Crippen molar-refractivity contribution in [1.82, 2.24) is 19.9 Å². The minimum atomic E-state index is 0.580. The average Bonchev–Trinajstić information content (AvgIpc) is 2.79. The van der Waals surface area contributed by atoms with E-state index in [2.05, 4.69) is 79.0 Å². The molecule has 0 radical (unpaired) electrons. The predicted molar refractivity (Wildman–Crippen MR) is 123 cm³/mol. The van der Waals surface area contributed by atoms with Crippen LogP contribution in [-0.4, -0.2) is 19.9 Å². The van der Waals surface area contributed by atoms with Crippen molar-refractivity contribution in [3.63, 3.8) is 0 Å². The van der Waals surface area contributed by atoms with Crippen LogP contribution in [0.3, 0.4) is 0 Å². The Balaban J connectivity index is 0.000000216. The van der Waals surface area contributed by atoms with Crippen molar-refractivity contribution < 1.29 is 0 Å². The summed E-state index contributed by atoms with van der Waals surface area (Å²) >= 11 is 0. The van der Waals surface area contributed by atoms with Crippen molar-refractivity contribution in [3.8, 4) is 0 Å². The van der Waals surface area contributed by atoms with Gasteiger partial charge in [-0.2, -0.15) is 0 Å². The molecule has 0 saturated heterocycles. The van der Waals surface area contributed by atoms with E-state index in [4.69, 9.17) is 4.98 Å². The molecule has 0 N–H and O–H groups in total. The van der Waals surface area contributed by atoms with Gasteiger partial charge in [0.15, 0.2) is 0 Å². The first kappa shape index (κ1) is 22.1. The van der Waals surface area contributed by atoms with Crippen LogP contribution in [0, 0.1) is 0 Å². The molecule has 1 fully saturated rings. The molecule has 4 heteroatoms. The molecule has 1 aromatic carbocycles. The van der Waals surface area contributed by atoms with E-state index in [1.807, 2.05) is 12.3 Å². The summed E-state index contributed by atoms with van der Waals surface area (Å²) in [5.41, 5.74) is 5.03. The summed E-state index contributed by atoms with van der Waals surface area (Å²) in [5.74, 6) is 3.16. The molecule has 1 aliphatic carbocycles. The molecule has 1 aliphatic rings. The summed E-state index contributed by atoms with van der Waals surface area (Å²) < 4.78 is 0. The summed E-state index contributed by atoms with van der Waals surface area (Å²) in [5, 5.41) is 0. The summed E-state index contributed by atoms with van der Waals surface area (Å²) in [4.78, 5) is 17.8. The Hall–Kier alpha value is -2.62. The molecule has 30 heavy (non-hydrogen) atoms. The molecule has 0 spiro atoms. The fourth-order valence-electron chi connectivity index (χ4n) is 3.87. The van der Waals surface area contributed by atoms with Crippen LogP contribution in [0.15, 0.2) is 48.7 Å². The van der Waals surface area contributed by atoms with E-state index in [0.29, 0.717) is 11.8 Å². The van der Waals surface area contributed by atoms with E-state index in [1.54, 1.807) is 0 Å². The summed E-state index contributed by atoms with van der Waals surface area (Å²) in [6, 6.07) is 15.0. The van der Waals surface area contributed by atoms with Gasteiger partial charge in [-0.05, 0) is 49.3 Å². The fourth-order valence-corrected chi connectivity index (χ4v) is 3.87. The number of aromatic nitrogens is 4. The van der Waals surface area contributed by atoms with Crippen LogP contribution in [-0.2, 0) is 25.7 Å². The minimum Gasteiger partial charge on any atom is -0.241 e. The first-order valence-corrected chi connectivity index (χ1v) is 11.4. The molecule has 2 aromatic heterocycles. The van der Waals surface area contributed by atoms with Crippen molar-refractivity contribution in [2.45, 2.75) is 78.1 Å². The first-order valence-electron chi connectivity index (χ1n) is 11.4. The monoisotopic (exact) mass is 402 g/mol. The van der Waals surface area contributed by atoms with Crippen LogP contribution in [0.25, 0.3) is 0 Å². The highest BCUT2D eigenvalue weighted by molar-refractivity contribution is 5.29. The lowest BCUT2D eigenvalue weighted by Crippen LogP contribution is -2.23. The van der Waals surface area contributed by atoms with Gasteiger partial charge in [0.05, 0.1) is 0 Å². The van der Waals surface area contributed by atoms with Gasteiger partial charge in [0.2, 0.25) is 0 Å². The van der Waals surface area contributed by atoms with Gasteiger partial charge in [-0.15, -0.1) is 0 Å². The van der Waals surface area contributed by atoms with Crippen molar-refractivity contribution in [2.75, 3.05) is 0 Å². The molecule has 0 aliphatic heterocycles. The standard InChI is InChI=1S/C18H22N2.C8H12N2/c1-3-14-12-17(20-18(4-2)19-14)16-11-10-15(16)13-8-6-5-7-9-13;1-3-7-5-6-9-8(4-2)10-7/h5-9,12,15-16H,3-4,10-11H2,1-2H3;5-6H,3-4H2,1-2H3. The van der Waals surface area contributed by atoms with Crippen molar-refractivity contribution >= 4 is 0 Å². The Bertz CT molecular complexity index is 882. The maximum atomic E-state index is 4.79. The molecular formula is C26H34N4. The molecule has 3 aromatic rings. The summed E-state index contributed by atoms with van der Waals surface area (Å²) in [6.45, 7) is 8.46. The molecule has 4 nitrogen and oxygen atoms in total. The Morgan fingerprint density at radius 3 is 1.97 bits per heavy atom. The lowest BCUT2D eigenvalue weighted by Gasteiger charge is -2.37. The molecule has 1 saturated carbocycles. The molecule has 158 valence electrons. The van der Waals surface area contributed by atoms with Crippen LogP contribution >= 0.6 is 0 Å². The second-order valence-electron chi connectivity index (χ2n) is 7.78. The Kier molecular flexibility index (Phi) is 8.06. The highest BCUT2D eigenvalue weighted by atomic mass is 14.9. The number of hydrogen-bond acceptors (Lipinski definition) is 4. The van der Waals surface area contributed by atoms with E-state index < -0.39 is 0 Å². The zero-order chi connectivity index (χ0) is 21.3. The third-order valence-corrected chi connectivity index (χ3v) is 5.85. The van der Waals surface area contributed by atoms with Crippen molar-refractivity contribution in [1.29, 1.82) is 0 Å². The number of hydrogen-bond donors (Lipinski definition) is 0. The van der Waals surface area contributed by atoms with Crippen LogP contribution in [0.1, 0.15) is 86.7 Å². The zero-order valence-corrected chi connectivity index (χ0v) is 18.8. The smallest absolute Gasteiger partial charge is 0.128 e. The summed E-state index contributed by atoms with van der Waals surface area (Å²) in [7, 11) is 0. The van der Waals surface area contributed by atoms with Gasteiger partial charge in [0.1, 0.15) is 11.6 Å². The van der Waals surface area contributed by atoms with Gasteiger partial charge in [0.25, 0.3) is 0 Å². The van der Waals surface area contributed by atoms with Crippen molar-refractivity contribution in [3.05, 3.63) is 83.0 Å². The van der Waals surface area contributed by atoms with Crippen LogP contribution < -0.4 is 0 Å². The SMILES string of the molecule is CCc1cc(C2CCC2c2ccccc2)nc(CC)n1.CCc1ccnc(CC)n1. The van der Waals surface area contributed by atoms with Gasteiger partial charge in [0, 0.05) is 42.0 Å².